The van der Waals surface area contributed by atoms with E-state index in [9.17, 15) is 9.90 Å². The summed E-state index contributed by atoms with van der Waals surface area (Å²) in [6.45, 7) is 4.69. The van der Waals surface area contributed by atoms with Crippen molar-refractivity contribution < 1.29 is 14.6 Å². The minimum Gasteiger partial charge on any atom is -0.478 e. The zero-order valence-electron chi connectivity index (χ0n) is 23.1. The largest absolute Gasteiger partial charge is 0.478 e. The van der Waals surface area contributed by atoms with E-state index in [0.29, 0.717) is 5.75 Å². The van der Waals surface area contributed by atoms with Crippen molar-refractivity contribution in [3.05, 3.63) is 119 Å². The summed E-state index contributed by atoms with van der Waals surface area (Å²) < 4.78 is 6.04. The standard InChI is InChI=1S/C35H31ClN2O3/c1-35(2)15-13-26(31(20-35)24-7-10-28(36)11-8-24)17-22-3-5-23(6-4-22)25-9-12-30(34(39)40)32(19-25)41-29-18-27-14-16-37-33(27)38-21-29/h3-12,14,16,18-19,21H,13,15,17,20H2,1-2H3,(H,37,38)(H,39,40). The Labute approximate surface area is 244 Å². The van der Waals surface area contributed by atoms with E-state index >= 15 is 0 Å². The van der Waals surface area contributed by atoms with Gasteiger partial charge in [-0.15, -0.1) is 0 Å². The first-order chi connectivity index (χ1) is 19.7. The fourth-order valence-electron chi connectivity index (χ4n) is 5.61. The number of halogens is 1. The van der Waals surface area contributed by atoms with E-state index in [1.54, 1.807) is 24.5 Å². The molecule has 0 fully saturated rings. The van der Waals surface area contributed by atoms with Crippen LogP contribution < -0.4 is 4.74 Å². The number of aromatic carboxylic acids is 1. The van der Waals surface area contributed by atoms with Gasteiger partial charge in [0.05, 0.1) is 6.20 Å². The maximum Gasteiger partial charge on any atom is 0.339 e. The third-order valence-electron chi connectivity index (χ3n) is 7.90. The van der Waals surface area contributed by atoms with Gasteiger partial charge in [-0.3, -0.25) is 0 Å². The molecule has 2 aromatic heterocycles. The number of allylic oxidation sites excluding steroid dienone is 2. The predicted octanol–water partition coefficient (Wildman–Crippen LogP) is 9.58. The van der Waals surface area contributed by atoms with E-state index in [0.717, 1.165) is 46.4 Å². The molecule has 0 radical (unpaired) electrons. The van der Waals surface area contributed by atoms with Crippen LogP contribution in [0.4, 0.5) is 0 Å². The summed E-state index contributed by atoms with van der Waals surface area (Å²) in [6.07, 6.45) is 7.59. The van der Waals surface area contributed by atoms with E-state index in [1.165, 1.54) is 28.7 Å². The van der Waals surface area contributed by atoms with Gasteiger partial charge in [-0.25, -0.2) is 9.78 Å². The summed E-state index contributed by atoms with van der Waals surface area (Å²) in [5.41, 5.74) is 8.41. The van der Waals surface area contributed by atoms with Crippen molar-refractivity contribution in [2.24, 2.45) is 5.41 Å². The highest BCUT2D eigenvalue weighted by atomic mass is 35.5. The van der Waals surface area contributed by atoms with E-state index in [2.05, 4.69) is 60.2 Å². The summed E-state index contributed by atoms with van der Waals surface area (Å²) in [4.78, 5) is 19.3. The number of benzene rings is 3. The molecule has 3 aromatic carbocycles. The quantitative estimate of drug-likeness (QED) is 0.207. The van der Waals surface area contributed by atoms with Gasteiger partial charge in [0, 0.05) is 16.6 Å². The molecule has 0 spiro atoms. The van der Waals surface area contributed by atoms with Crippen molar-refractivity contribution in [1.29, 1.82) is 0 Å². The second-order valence-corrected chi connectivity index (χ2v) is 11.9. The molecule has 0 atom stereocenters. The molecule has 0 bridgehead atoms. The molecule has 6 heteroatoms. The number of aromatic nitrogens is 2. The van der Waals surface area contributed by atoms with Crippen molar-refractivity contribution in [1.82, 2.24) is 9.97 Å². The third kappa shape index (κ3) is 5.91. The Morgan fingerprint density at radius 2 is 1.71 bits per heavy atom. The van der Waals surface area contributed by atoms with Crippen molar-refractivity contribution in [3.63, 3.8) is 0 Å². The number of ether oxygens (including phenoxy) is 1. The zero-order valence-corrected chi connectivity index (χ0v) is 23.8. The first-order valence-corrected chi connectivity index (χ1v) is 14.2. The van der Waals surface area contributed by atoms with Crippen LogP contribution in [0.5, 0.6) is 11.5 Å². The number of carboxylic acid groups (broad SMARTS) is 1. The first kappa shape index (κ1) is 26.9. The molecule has 0 aliphatic heterocycles. The molecule has 2 heterocycles. The van der Waals surface area contributed by atoms with Crippen LogP contribution in [-0.2, 0) is 6.42 Å². The van der Waals surface area contributed by atoms with Crippen molar-refractivity contribution in [2.45, 2.75) is 39.5 Å². The Morgan fingerprint density at radius 1 is 0.976 bits per heavy atom. The minimum atomic E-state index is -1.04. The summed E-state index contributed by atoms with van der Waals surface area (Å²) >= 11 is 6.17. The van der Waals surface area contributed by atoms with Crippen LogP contribution in [0.1, 0.15) is 54.6 Å². The maximum absolute atomic E-state index is 11.9. The van der Waals surface area contributed by atoms with Gasteiger partial charge in [0.25, 0.3) is 0 Å². The molecule has 0 saturated carbocycles. The van der Waals surface area contributed by atoms with Gasteiger partial charge in [0.1, 0.15) is 22.7 Å². The lowest BCUT2D eigenvalue weighted by Crippen LogP contribution is -2.18. The second kappa shape index (κ2) is 10.9. The number of hydrogen-bond donors (Lipinski definition) is 2. The summed E-state index contributed by atoms with van der Waals surface area (Å²) in [7, 11) is 0. The number of nitrogens with one attached hydrogen (secondary N) is 1. The number of carbonyl (C=O) groups is 1. The second-order valence-electron chi connectivity index (χ2n) is 11.5. The summed E-state index contributed by atoms with van der Waals surface area (Å²) in [5.74, 6) is -0.288. The van der Waals surface area contributed by atoms with Gasteiger partial charge in [-0.2, -0.15) is 0 Å². The normalized spacial score (nSPS) is 14.8. The smallest absolute Gasteiger partial charge is 0.339 e. The summed E-state index contributed by atoms with van der Waals surface area (Å²) in [5, 5.41) is 11.4. The van der Waals surface area contributed by atoms with Crippen molar-refractivity contribution in [2.75, 3.05) is 0 Å². The van der Waals surface area contributed by atoms with E-state index in [4.69, 9.17) is 16.3 Å². The van der Waals surface area contributed by atoms with E-state index in [1.807, 2.05) is 30.3 Å². The fraction of sp³-hybridized carbons (Fsp3) is 0.200. The zero-order chi connectivity index (χ0) is 28.6. The number of carboxylic acids is 1. The molecule has 1 aliphatic rings. The maximum atomic E-state index is 11.9. The van der Waals surface area contributed by atoms with Crippen molar-refractivity contribution >= 4 is 34.2 Å². The Hall–Kier alpha value is -4.35. The van der Waals surface area contributed by atoms with E-state index in [-0.39, 0.29) is 16.7 Å². The molecule has 5 nitrogen and oxygen atoms in total. The van der Waals surface area contributed by atoms with Gasteiger partial charge in [0.2, 0.25) is 0 Å². The van der Waals surface area contributed by atoms with E-state index < -0.39 is 5.97 Å². The third-order valence-corrected chi connectivity index (χ3v) is 8.15. The van der Waals surface area contributed by atoms with Gasteiger partial charge in [-0.1, -0.05) is 73.5 Å². The topological polar surface area (TPSA) is 75.2 Å². The Balaban J connectivity index is 1.27. The number of hydrogen-bond acceptors (Lipinski definition) is 3. The lowest BCUT2D eigenvalue weighted by atomic mass is 9.71. The number of pyridine rings is 1. The molecule has 41 heavy (non-hydrogen) atoms. The average Bonchev–Trinajstić information content (AvgIpc) is 3.43. The molecule has 5 aromatic rings. The van der Waals surface area contributed by atoms with Crippen LogP contribution in [-0.4, -0.2) is 21.0 Å². The lowest BCUT2D eigenvalue weighted by Gasteiger charge is -2.34. The minimum absolute atomic E-state index is 0.0985. The Kier molecular flexibility index (Phi) is 7.14. The van der Waals surface area contributed by atoms with Crippen LogP contribution in [0.3, 0.4) is 0 Å². The number of nitrogens with zero attached hydrogens (tertiary/aromatic N) is 1. The van der Waals surface area contributed by atoms with Crippen LogP contribution in [0, 0.1) is 5.41 Å². The fourth-order valence-corrected chi connectivity index (χ4v) is 5.74. The van der Waals surface area contributed by atoms with Crippen LogP contribution in [0.15, 0.2) is 96.8 Å². The molecule has 206 valence electrons. The summed E-state index contributed by atoms with van der Waals surface area (Å²) in [6, 6.07) is 25.7. The Bertz CT molecular complexity index is 1770. The highest BCUT2D eigenvalue weighted by molar-refractivity contribution is 6.30. The SMILES string of the molecule is CC1(C)CCC(Cc2ccc(-c3ccc(C(=O)O)c(Oc4cnc5[nH]ccc5c4)c3)cc2)=C(c2ccc(Cl)cc2)C1. The number of rotatable bonds is 7. The van der Waals surface area contributed by atoms with Crippen LogP contribution in [0.2, 0.25) is 5.02 Å². The molecular formula is C35H31ClN2O3. The molecule has 1 aliphatic carbocycles. The molecule has 0 unspecified atom stereocenters. The highest BCUT2D eigenvalue weighted by Gasteiger charge is 2.27. The molecule has 2 N–H and O–H groups in total. The number of H-pyrrole nitrogens is 1. The van der Waals surface area contributed by atoms with Gasteiger partial charge in [0.15, 0.2) is 0 Å². The molecule has 0 amide bonds. The molecule has 0 saturated heterocycles. The molecule has 6 rings (SSSR count). The Morgan fingerprint density at radius 3 is 2.46 bits per heavy atom. The van der Waals surface area contributed by atoms with Crippen molar-refractivity contribution in [3.8, 4) is 22.6 Å². The highest BCUT2D eigenvalue weighted by Crippen LogP contribution is 2.44. The van der Waals surface area contributed by atoms with Gasteiger partial charge >= 0.3 is 5.97 Å². The predicted molar refractivity (Wildman–Crippen MR) is 165 cm³/mol. The number of fused-ring (bicyclic) bond motifs is 1. The van der Waals surface area contributed by atoms with Gasteiger partial charge in [-0.05, 0) is 95.3 Å². The van der Waals surface area contributed by atoms with Gasteiger partial charge < -0.3 is 14.8 Å². The first-order valence-electron chi connectivity index (χ1n) is 13.8. The number of aromatic amines is 1. The lowest BCUT2D eigenvalue weighted by molar-refractivity contribution is 0.0694. The average molecular weight is 563 g/mol. The van der Waals surface area contributed by atoms with Crippen LogP contribution in [0.25, 0.3) is 27.7 Å². The monoisotopic (exact) mass is 562 g/mol. The van der Waals surface area contributed by atoms with Crippen LogP contribution >= 0.6 is 11.6 Å². The molecular weight excluding hydrogens is 532 g/mol.